The zero-order chi connectivity index (χ0) is 25.7. The fourth-order valence-corrected chi connectivity index (χ4v) is 8.49. The fourth-order valence-electron chi connectivity index (χ4n) is 8.49. The van der Waals surface area contributed by atoms with Gasteiger partial charge in [0.1, 0.15) is 0 Å². The summed E-state index contributed by atoms with van der Waals surface area (Å²) in [7, 11) is 0. The first-order chi connectivity index (χ1) is 19.8. The van der Waals surface area contributed by atoms with Crippen LogP contribution in [0.5, 0.6) is 0 Å². The summed E-state index contributed by atoms with van der Waals surface area (Å²) in [4.78, 5) is 0. The van der Waals surface area contributed by atoms with Crippen molar-refractivity contribution in [2.24, 2.45) is 0 Å². The monoisotopic (exact) mass is 502 g/mol. The second-order valence-electron chi connectivity index (χ2n) is 12.0. The van der Waals surface area contributed by atoms with E-state index in [4.69, 9.17) is 0 Å². The highest BCUT2D eigenvalue weighted by Crippen LogP contribution is 2.51. The largest absolute Gasteiger partial charge is 0.0610 e. The maximum absolute atomic E-state index is 2.54. The van der Waals surface area contributed by atoms with Crippen molar-refractivity contribution < 1.29 is 0 Å². The summed E-state index contributed by atoms with van der Waals surface area (Å²) in [5.74, 6) is 0. The molecule has 0 heteroatoms. The molecule has 0 radical (unpaired) electrons. The van der Waals surface area contributed by atoms with Gasteiger partial charge in [0, 0.05) is 0 Å². The molecule has 2 aliphatic rings. The standard InChI is InChI=1S/C40H22/c1-3-21-8-10-26-17-35-32-18-27-16-29-15-25-9-7-22-4-2-6-24-12-14-31(40(25)37(22)24)38(29)33(27)19-28(32)20-34(35)30-13-11-23(5-1)36(21)39(26)30/h1-15,17-19H,16,20H2. The number of benzene rings is 9. The van der Waals surface area contributed by atoms with Crippen LogP contribution in [0.15, 0.2) is 109 Å². The summed E-state index contributed by atoms with van der Waals surface area (Å²) in [5, 5.41) is 16.6. The van der Waals surface area contributed by atoms with Gasteiger partial charge in [-0.15, -0.1) is 0 Å². The minimum atomic E-state index is 1.01. The van der Waals surface area contributed by atoms with Gasteiger partial charge in [-0.2, -0.15) is 0 Å². The van der Waals surface area contributed by atoms with Crippen LogP contribution in [0.3, 0.4) is 0 Å². The lowest BCUT2D eigenvalue weighted by Crippen LogP contribution is -1.89. The van der Waals surface area contributed by atoms with Crippen LogP contribution in [-0.2, 0) is 12.8 Å². The second kappa shape index (κ2) is 6.61. The van der Waals surface area contributed by atoms with Crippen molar-refractivity contribution in [3.63, 3.8) is 0 Å². The fraction of sp³-hybridized carbons (Fsp3) is 0.0500. The Hall–Kier alpha value is -4.94. The molecule has 11 rings (SSSR count). The van der Waals surface area contributed by atoms with Gasteiger partial charge in [0.2, 0.25) is 0 Å². The molecular formula is C40H22. The average Bonchev–Trinajstić information content (AvgIpc) is 3.54. The smallest absolute Gasteiger partial charge is 0.000705 e. The molecule has 0 spiro atoms. The Balaban J connectivity index is 1.18. The van der Waals surface area contributed by atoms with Crippen molar-refractivity contribution in [3.8, 4) is 22.3 Å². The van der Waals surface area contributed by atoms with Crippen molar-refractivity contribution in [2.75, 3.05) is 0 Å². The van der Waals surface area contributed by atoms with Crippen molar-refractivity contribution in [1.82, 2.24) is 0 Å². The number of hydrogen-bond donors (Lipinski definition) is 0. The molecule has 0 fully saturated rings. The van der Waals surface area contributed by atoms with Gasteiger partial charge in [-0.05, 0) is 140 Å². The van der Waals surface area contributed by atoms with Gasteiger partial charge in [0.05, 0.1) is 0 Å². The van der Waals surface area contributed by atoms with Gasteiger partial charge in [0.25, 0.3) is 0 Å². The summed E-state index contributed by atoms with van der Waals surface area (Å²) in [6.07, 6.45) is 2.02. The van der Waals surface area contributed by atoms with E-state index in [1.807, 2.05) is 0 Å². The molecular weight excluding hydrogens is 480 g/mol. The molecule has 9 aromatic carbocycles. The minimum absolute atomic E-state index is 1.01. The molecule has 9 aromatic rings. The van der Waals surface area contributed by atoms with Crippen molar-refractivity contribution in [2.45, 2.75) is 12.8 Å². The molecule has 0 heterocycles. The van der Waals surface area contributed by atoms with Crippen LogP contribution >= 0.6 is 0 Å². The first kappa shape index (κ1) is 20.0. The molecule has 0 N–H and O–H groups in total. The Morgan fingerprint density at radius 1 is 0.350 bits per heavy atom. The molecule has 0 bridgehead atoms. The zero-order valence-electron chi connectivity index (χ0n) is 21.8. The zero-order valence-corrected chi connectivity index (χ0v) is 21.8. The normalized spacial score (nSPS) is 13.8. The van der Waals surface area contributed by atoms with Crippen molar-refractivity contribution in [3.05, 3.63) is 131 Å². The summed E-state index contributed by atoms with van der Waals surface area (Å²) < 4.78 is 0. The third-order valence-electron chi connectivity index (χ3n) is 10.1. The van der Waals surface area contributed by atoms with Gasteiger partial charge < -0.3 is 0 Å². The molecule has 0 atom stereocenters. The predicted molar refractivity (Wildman–Crippen MR) is 170 cm³/mol. The SMILES string of the molecule is c1cc2ccc3cc4c(c5ccc(c1)c2c35)Cc1cc2c(cc1-4)Cc1cc3ccc4cccc5ccc(c1-2)c3c45. The lowest BCUT2D eigenvalue weighted by atomic mass is 9.89. The molecule has 182 valence electrons. The third kappa shape index (κ3) is 2.24. The Kier molecular flexibility index (Phi) is 3.31. The molecule has 0 saturated heterocycles. The Morgan fingerprint density at radius 2 is 0.900 bits per heavy atom. The van der Waals surface area contributed by atoms with Gasteiger partial charge in [-0.1, -0.05) is 91.0 Å². The first-order valence-electron chi connectivity index (χ1n) is 14.4. The van der Waals surface area contributed by atoms with E-state index in [9.17, 15) is 0 Å². The highest BCUT2D eigenvalue weighted by molar-refractivity contribution is 6.27. The first-order valence-corrected chi connectivity index (χ1v) is 14.4. The van der Waals surface area contributed by atoms with Gasteiger partial charge in [-0.3, -0.25) is 0 Å². The molecule has 0 saturated carbocycles. The van der Waals surface area contributed by atoms with Crippen LogP contribution in [-0.4, -0.2) is 0 Å². The molecule has 0 amide bonds. The summed E-state index contributed by atoms with van der Waals surface area (Å²) in [5.41, 5.74) is 11.7. The third-order valence-corrected chi connectivity index (χ3v) is 10.1. The number of hydrogen-bond acceptors (Lipinski definition) is 0. The minimum Gasteiger partial charge on any atom is -0.0610 e. The molecule has 40 heavy (non-hydrogen) atoms. The van der Waals surface area contributed by atoms with Crippen LogP contribution in [0.4, 0.5) is 0 Å². The molecule has 0 aromatic heterocycles. The molecule has 0 aliphatic heterocycles. The lowest BCUT2D eigenvalue weighted by molar-refractivity contribution is 1.25. The van der Waals surface area contributed by atoms with Crippen LogP contribution in [0.2, 0.25) is 0 Å². The predicted octanol–water partition coefficient (Wildman–Crippen LogP) is 10.6. The molecule has 0 nitrogen and oxygen atoms in total. The number of rotatable bonds is 0. The molecule has 2 aliphatic carbocycles. The number of fused-ring (bicyclic) bond motifs is 8. The second-order valence-corrected chi connectivity index (χ2v) is 12.0. The van der Waals surface area contributed by atoms with E-state index in [0.29, 0.717) is 0 Å². The van der Waals surface area contributed by atoms with Crippen LogP contribution in [0.1, 0.15) is 22.3 Å². The summed E-state index contributed by atoms with van der Waals surface area (Å²) in [6, 6.07) is 42.0. The van der Waals surface area contributed by atoms with Crippen LogP contribution in [0.25, 0.3) is 86.9 Å². The molecule has 0 unspecified atom stereocenters. The summed E-state index contributed by atoms with van der Waals surface area (Å²) >= 11 is 0. The van der Waals surface area contributed by atoms with E-state index in [1.54, 1.807) is 0 Å². The Bertz CT molecular complexity index is 2550. The van der Waals surface area contributed by atoms with E-state index in [2.05, 4.69) is 109 Å². The quantitative estimate of drug-likeness (QED) is 0.181. The van der Waals surface area contributed by atoms with E-state index in [1.165, 1.54) is 109 Å². The lowest BCUT2D eigenvalue weighted by Gasteiger charge is -2.15. The van der Waals surface area contributed by atoms with Crippen molar-refractivity contribution in [1.29, 1.82) is 0 Å². The summed E-state index contributed by atoms with van der Waals surface area (Å²) in [6.45, 7) is 0. The van der Waals surface area contributed by atoms with Gasteiger partial charge in [0.15, 0.2) is 0 Å². The van der Waals surface area contributed by atoms with Crippen LogP contribution < -0.4 is 0 Å². The maximum atomic E-state index is 2.54. The van der Waals surface area contributed by atoms with Crippen LogP contribution in [0, 0.1) is 0 Å². The van der Waals surface area contributed by atoms with Gasteiger partial charge >= 0.3 is 0 Å². The van der Waals surface area contributed by atoms with E-state index in [-0.39, 0.29) is 0 Å². The highest BCUT2D eigenvalue weighted by atomic mass is 14.3. The van der Waals surface area contributed by atoms with E-state index >= 15 is 0 Å². The Morgan fingerprint density at radius 3 is 1.62 bits per heavy atom. The van der Waals surface area contributed by atoms with Gasteiger partial charge in [-0.25, -0.2) is 0 Å². The Labute approximate surface area is 230 Å². The topological polar surface area (TPSA) is 0 Å². The highest BCUT2D eigenvalue weighted by Gasteiger charge is 2.29. The average molecular weight is 503 g/mol. The van der Waals surface area contributed by atoms with E-state index in [0.717, 1.165) is 12.8 Å². The van der Waals surface area contributed by atoms with Crippen molar-refractivity contribution >= 4 is 64.6 Å². The maximum Gasteiger partial charge on any atom is -0.000705 e. The van der Waals surface area contributed by atoms with E-state index < -0.39 is 0 Å².